The molecule has 0 bridgehead atoms. The van der Waals surface area contributed by atoms with Crippen molar-refractivity contribution < 1.29 is 9.72 Å². The highest BCUT2D eigenvalue weighted by Gasteiger charge is 2.25. The van der Waals surface area contributed by atoms with Gasteiger partial charge in [0.15, 0.2) is 0 Å². The van der Waals surface area contributed by atoms with E-state index in [0.29, 0.717) is 24.3 Å². The molecule has 0 saturated carbocycles. The van der Waals surface area contributed by atoms with Crippen LogP contribution in [0.15, 0.2) is 41.4 Å². The maximum Gasteiger partial charge on any atom is 0.270 e. The van der Waals surface area contributed by atoms with E-state index in [2.05, 4.69) is 4.99 Å². The number of amides is 1. The molecule has 122 valence electrons. The maximum absolute atomic E-state index is 12.9. The number of nitro benzene ring substituents is 1. The molecule has 2 aromatic carbocycles. The van der Waals surface area contributed by atoms with Crippen molar-refractivity contribution in [2.75, 3.05) is 18.0 Å². The van der Waals surface area contributed by atoms with Crippen LogP contribution in [0.1, 0.15) is 15.9 Å². The summed E-state index contributed by atoms with van der Waals surface area (Å²) in [5.74, 6) is -0.330. The highest BCUT2D eigenvalue weighted by molar-refractivity contribution is 6.44. The lowest BCUT2D eigenvalue weighted by molar-refractivity contribution is -0.384. The van der Waals surface area contributed by atoms with Crippen LogP contribution in [0.3, 0.4) is 0 Å². The standard InChI is InChI=1S/C16H11Cl2N3O3/c17-13-3-1-2-12(15(13)18)16(22)20-7-6-19-9-10-8-11(21(23)24)4-5-14(10)20/h1-5,8-9H,6-7H2. The van der Waals surface area contributed by atoms with Crippen LogP contribution in [-0.4, -0.2) is 30.1 Å². The molecule has 0 atom stereocenters. The third-order valence-electron chi connectivity index (χ3n) is 3.62. The molecule has 0 radical (unpaired) electrons. The van der Waals surface area contributed by atoms with Gasteiger partial charge in [-0.1, -0.05) is 29.3 Å². The lowest BCUT2D eigenvalue weighted by Crippen LogP contribution is -2.33. The summed E-state index contributed by atoms with van der Waals surface area (Å²) in [5.41, 5.74) is 1.27. The minimum atomic E-state index is -0.487. The molecule has 0 aliphatic carbocycles. The summed E-state index contributed by atoms with van der Waals surface area (Å²) in [4.78, 5) is 29.0. The molecule has 2 aromatic rings. The lowest BCUT2D eigenvalue weighted by Gasteiger charge is -2.23. The fourth-order valence-corrected chi connectivity index (χ4v) is 2.85. The molecule has 0 aromatic heterocycles. The number of halogens is 2. The number of benzodiazepines with no additional fused rings is 1. The summed E-state index contributed by atoms with van der Waals surface area (Å²) in [6.45, 7) is 0.718. The first-order valence-electron chi connectivity index (χ1n) is 7.03. The number of carbonyl (C=O) groups excluding carboxylic acids is 1. The van der Waals surface area contributed by atoms with Crippen molar-refractivity contribution >= 4 is 46.7 Å². The van der Waals surface area contributed by atoms with Crippen molar-refractivity contribution in [3.8, 4) is 0 Å². The van der Waals surface area contributed by atoms with Crippen molar-refractivity contribution in [1.29, 1.82) is 0 Å². The van der Waals surface area contributed by atoms with Gasteiger partial charge in [0.1, 0.15) is 0 Å². The number of fused-ring (bicyclic) bond motifs is 1. The quantitative estimate of drug-likeness (QED) is 0.597. The predicted molar refractivity (Wildman–Crippen MR) is 93.7 cm³/mol. The molecule has 1 heterocycles. The number of anilines is 1. The second kappa shape index (κ2) is 6.59. The Kier molecular flexibility index (Phi) is 4.51. The number of nitro groups is 1. The molecule has 24 heavy (non-hydrogen) atoms. The number of nitrogens with zero attached hydrogens (tertiary/aromatic N) is 3. The second-order valence-electron chi connectivity index (χ2n) is 5.09. The number of hydrogen-bond donors (Lipinski definition) is 0. The fourth-order valence-electron chi connectivity index (χ4n) is 2.47. The van der Waals surface area contributed by atoms with Crippen LogP contribution in [0.25, 0.3) is 0 Å². The van der Waals surface area contributed by atoms with Gasteiger partial charge in [0.2, 0.25) is 0 Å². The minimum absolute atomic E-state index is 0.0599. The predicted octanol–water partition coefficient (Wildman–Crippen LogP) is 3.98. The Morgan fingerprint density at radius 1 is 1.25 bits per heavy atom. The summed E-state index contributed by atoms with van der Waals surface area (Å²) >= 11 is 12.1. The summed E-state index contributed by atoms with van der Waals surface area (Å²) in [7, 11) is 0. The zero-order chi connectivity index (χ0) is 17.3. The smallest absolute Gasteiger partial charge is 0.270 e. The molecule has 0 N–H and O–H groups in total. The number of hydrogen-bond acceptors (Lipinski definition) is 4. The molecule has 8 heteroatoms. The first-order valence-corrected chi connectivity index (χ1v) is 7.79. The highest BCUT2D eigenvalue weighted by atomic mass is 35.5. The third-order valence-corrected chi connectivity index (χ3v) is 4.44. The van der Waals surface area contributed by atoms with Gasteiger partial charge >= 0.3 is 0 Å². The van der Waals surface area contributed by atoms with Crippen LogP contribution in [0.4, 0.5) is 11.4 Å². The van der Waals surface area contributed by atoms with Crippen LogP contribution in [0, 0.1) is 10.1 Å². The van der Waals surface area contributed by atoms with Gasteiger partial charge in [-0.05, 0) is 18.2 Å². The van der Waals surface area contributed by atoms with E-state index in [0.717, 1.165) is 0 Å². The van der Waals surface area contributed by atoms with Gasteiger partial charge in [-0.15, -0.1) is 0 Å². The average molecular weight is 364 g/mol. The first-order chi connectivity index (χ1) is 11.5. The Morgan fingerprint density at radius 3 is 2.79 bits per heavy atom. The number of carbonyl (C=O) groups is 1. The van der Waals surface area contributed by atoms with Crippen molar-refractivity contribution in [3.63, 3.8) is 0 Å². The first kappa shape index (κ1) is 16.4. The normalized spacial score (nSPS) is 13.3. The van der Waals surface area contributed by atoms with E-state index in [1.54, 1.807) is 24.3 Å². The SMILES string of the molecule is O=C(c1cccc(Cl)c1Cl)N1CCN=Cc2cc([N+](=O)[O-])ccc21. The van der Waals surface area contributed by atoms with E-state index in [1.165, 1.54) is 23.2 Å². The van der Waals surface area contributed by atoms with Crippen LogP contribution in [0.2, 0.25) is 10.0 Å². The molecular weight excluding hydrogens is 353 g/mol. The van der Waals surface area contributed by atoms with Crippen LogP contribution >= 0.6 is 23.2 Å². The Labute approximate surface area is 147 Å². The average Bonchev–Trinajstić information content (AvgIpc) is 2.78. The fraction of sp³-hybridized carbons (Fsp3) is 0.125. The summed E-state index contributed by atoms with van der Waals surface area (Å²) < 4.78 is 0. The van der Waals surface area contributed by atoms with Gasteiger partial charge < -0.3 is 4.90 Å². The van der Waals surface area contributed by atoms with Gasteiger partial charge in [0.05, 0.1) is 32.8 Å². The van der Waals surface area contributed by atoms with Crippen molar-refractivity contribution in [2.24, 2.45) is 4.99 Å². The molecule has 1 aliphatic heterocycles. The second-order valence-corrected chi connectivity index (χ2v) is 5.88. The van der Waals surface area contributed by atoms with Crippen molar-refractivity contribution in [3.05, 3.63) is 67.7 Å². The van der Waals surface area contributed by atoms with Crippen molar-refractivity contribution in [2.45, 2.75) is 0 Å². The molecule has 0 spiro atoms. The topological polar surface area (TPSA) is 75.8 Å². The molecule has 0 fully saturated rings. The summed E-state index contributed by atoms with van der Waals surface area (Å²) in [6, 6.07) is 9.13. The number of rotatable bonds is 2. The largest absolute Gasteiger partial charge is 0.306 e. The molecule has 3 rings (SSSR count). The molecule has 1 amide bonds. The van der Waals surface area contributed by atoms with E-state index < -0.39 is 4.92 Å². The minimum Gasteiger partial charge on any atom is -0.306 e. The molecule has 6 nitrogen and oxygen atoms in total. The van der Waals surface area contributed by atoms with Gasteiger partial charge in [-0.3, -0.25) is 19.9 Å². The van der Waals surface area contributed by atoms with E-state index in [-0.39, 0.29) is 27.2 Å². The van der Waals surface area contributed by atoms with Gasteiger partial charge in [0, 0.05) is 30.5 Å². The monoisotopic (exact) mass is 363 g/mol. The van der Waals surface area contributed by atoms with Crippen molar-refractivity contribution in [1.82, 2.24) is 0 Å². The van der Waals surface area contributed by atoms with E-state index in [9.17, 15) is 14.9 Å². The number of aliphatic imine (C=N–C) groups is 1. The Balaban J connectivity index is 2.06. The number of benzene rings is 2. The molecule has 0 saturated heterocycles. The Hall–Kier alpha value is -2.44. The van der Waals surface area contributed by atoms with Gasteiger partial charge in [-0.2, -0.15) is 0 Å². The van der Waals surface area contributed by atoms with Crippen LogP contribution in [-0.2, 0) is 0 Å². The summed E-state index contributed by atoms with van der Waals surface area (Å²) in [5, 5.41) is 11.4. The van der Waals surface area contributed by atoms with Gasteiger partial charge in [-0.25, -0.2) is 0 Å². The Bertz CT molecular complexity index is 868. The zero-order valence-electron chi connectivity index (χ0n) is 12.3. The molecule has 1 aliphatic rings. The van der Waals surface area contributed by atoms with Gasteiger partial charge in [0.25, 0.3) is 11.6 Å². The van der Waals surface area contributed by atoms with Crippen LogP contribution < -0.4 is 4.90 Å². The maximum atomic E-state index is 12.9. The highest BCUT2D eigenvalue weighted by Crippen LogP contribution is 2.31. The van der Waals surface area contributed by atoms with Crippen LogP contribution in [0.5, 0.6) is 0 Å². The Morgan fingerprint density at radius 2 is 2.04 bits per heavy atom. The molecular formula is C16H11Cl2N3O3. The summed E-state index contributed by atoms with van der Waals surface area (Å²) in [6.07, 6.45) is 1.54. The van der Waals surface area contributed by atoms with E-state index >= 15 is 0 Å². The lowest BCUT2D eigenvalue weighted by atomic mass is 10.1. The van der Waals surface area contributed by atoms with E-state index in [1.807, 2.05) is 0 Å². The van der Waals surface area contributed by atoms with E-state index in [4.69, 9.17) is 23.2 Å². The zero-order valence-corrected chi connectivity index (χ0v) is 13.8. The third kappa shape index (κ3) is 2.98. The number of non-ortho nitro benzene ring substituents is 1. The molecule has 0 unspecified atom stereocenters.